The first-order valence-corrected chi connectivity index (χ1v) is 10.3. The summed E-state index contributed by atoms with van der Waals surface area (Å²) in [5, 5.41) is 3.38. The van der Waals surface area contributed by atoms with E-state index in [1.165, 1.54) is 5.56 Å². The number of likely N-dealkylation sites (N-methyl/N-ethyl adjacent to an activating group) is 1. The van der Waals surface area contributed by atoms with Crippen molar-refractivity contribution in [2.45, 2.75) is 32.4 Å². The minimum absolute atomic E-state index is 0. The van der Waals surface area contributed by atoms with Crippen LogP contribution in [0.4, 0.5) is 0 Å². The van der Waals surface area contributed by atoms with Crippen LogP contribution in [0.1, 0.15) is 43.5 Å². The van der Waals surface area contributed by atoms with Gasteiger partial charge >= 0.3 is 0 Å². The van der Waals surface area contributed by atoms with Gasteiger partial charge in [-0.2, -0.15) is 0 Å². The molecule has 30 heavy (non-hydrogen) atoms. The Balaban J connectivity index is 0.00000320. The zero-order valence-corrected chi connectivity index (χ0v) is 20.3. The third kappa shape index (κ3) is 6.01. The molecule has 0 aromatic heterocycles. The van der Waals surface area contributed by atoms with Crippen molar-refractivity contribution in [1.29, 1.82) is 0 Å². The number of methoxy groups -OCH3 is 1. The van der Waals surface area contributed by atoms with Gasteiger partial charge in [0, 0.05) is 12.0 Å². The van der Waals surface area contributed by atoms with E-state index in [2.05, 4.69) is 42.3 Å². The molecule has 6 nitrogen and oxygen atoms in total. The summed E-state index contributed by atoms with van der Waals surface area (Å²) < 4.78 is 11.1. The molecule has 7 heteroatoms. The number of hydrogen-bond donors (Lipinski definition) is 2. The second-order valence-corrected chi connectivity index (χ2v) is 7.11. The molecule has 0 fully saturated rings. The summed E-state index contributed by atoms with van der Waals surface area (Å²) in [4.78, 5) is 7.08. The van der Waals surface area contributed by atoms with Gasteiger partial charge in [-0.05, 0) is 36.9 Å². The number of halogens is 1. The maximum Gasteiger partial charge on any atom is 0.189 e. The van der Waals surface area contributed by atoms with Crippen LogP contribution in [0.2, 0.25) is 0 Å². The van der Waals surface area contributed by atoms with Crippen LogP contribution in [0, 0.1) is 0 Å². The van der Waals surface area contributed by atoms with Crippen molar-refractivity contribution in [1.82, 2.24) is 10.2 Å². The lowest BCUT2D eigenvalue weighted by atomic mass is 10.0. The van der Waals surface area contributed by atoms with Crippen LogP contribution in [0.15, 0.2) is 53.5 Å². The molecule has 0 amide bonds. The summed E-state index contributed by atoms with van der Waals surface area (Å²) in [6.45, 7) is 7.47. The Bertz CT molecular complexity index is 826. The molecule has 0 saturated carbocycles. The first-order valence-electron chi connectivity index (χ1n) is 10.3. The zero-order chi connectivity index (χ0) is 20.6. The molecular weight excluding hydrogens is 491 g/mol. The Morgan fingerprint density at radius 2 is 2.00 bits per heavy atom. The van der Waals surface area contributed by atoms with Crippen LogP contribution in [0.25, 0.3) is 0 Å². The Morgan fingerprint density at radius 3 is 2.73 bits per heavy atom. The highest BCUT2D eigenvalue weighted by Crippen LogP contribution is 2.31. The number of nitrogens with two attached hydrogens (primary N) is 1. The normalized spacial score (nSPS) is 16.8. The molecule has 3 rings (SSSR count). The van der Waals surface area contributed by atoms with Crippen LogP contribution in [0.3, 0.4) is 0 Å². The summed E-state index contributed by atoms with van der Waals surface area (Å²) >= 11 is 0. The van der Waals surface area contributed by atoms with Gasteiger partial charge in [0.05, 0.1) is 32.3 Å². The number of ether oxygens (including phenoxy) is 2. The number of benzene rings is 2. The van der Waals surface area contributed by atoms with E-state index in [0.29, 0.717) is 19.1 Å². The maximum absolute atomic E-state index is 6.28. The summed E-state index contributed by atoms with van der Waals surface area (Å²) in [5.74, 6) is 2.24. The van der Waals surface area contributed by atoms with E-state index in [-0.39, 0.29) is 36.1 Å². The average Bonchev–Trinajstić information content (AvgIpc) is 2.77. The third-order valence-electron chi connectivity index (χ3n) is 5.45. The molecule has 0 saturated heterocycles. The summed E-state index contributed by atoms with van der Waals surface area (Å²) in [6.07, 6.45) is 0.864. The molecule has 0 radical (unpaired) electrons. The second-order valence-electron chi connectivity index (χ2n) is 7.11. The van der Waals surface area contributed by atoms with Crippen molar-refractivity contribution in [2.75, 3.05) is 33.4 Å². The van der Waals surface area contributed by atoms with E-state index in [4.69, 9.17) is 20.2 Å². The first-order chi connectivity index (χ1) is 14.2. The molecule has 0 bridgehead atoms. The van der Waals surface area contributed by atoms with E-state index in [9.17, 15) is 0 Å². The highest BCUT2D eigenvalue weighted by atomic mass is 127. The van der Waals surface area contributed by atoms with Crippen molar-refractivity contribution >= 4 is 29.9 Å². The lowest BCUT2D eigenvalue weighted by Gasteiger charge is -2.30. The number of fused-ring (bicyclic) bond motifs is 1. The van der Waals surface area contributed by atoms with Crippen LogP contribution in [-0.2, 0) is 0 Å². The molecule has 2 atom stereocenters. The molecular formula is C23H33IN4O2. The topological polar surface area (TPSA) is 72.1 Å². The lowest BCUT2D eigenvalue weighted by Crippen LogP contribution is -2.38. The Kier molecular flexibility index (Phi) is 9.71. The van der Waals surface area contributed by atoms with E-state index in [1.54, 1.807) is 7.11 Å². The van der Waals surface area contributed by atoms with Crippen molar-refractivity contribution in [3.63, 3.8) is 0 Å². The van der Waals surface area contributed by atoms with E-state index in [0.717, 1.165) is 36.6 Å². The van der Waals surface area contributed by atoms with Gasteiger partial charge in [-0.15, -0.1) is 24.0 Å². The molecule has 0 aliphatic carbocycles. The van der Waals surface area contributed by atoms with Crippen LogP contribution in [0.5, 0.6) is 11.5 Å². The number of nitrogens with one attached hydrogen (secondary N) is 1. The number of rotatable bonds is 8. The fourth-order valence-electron chi connectivity index (χ4n) is 3.85. The van der Waals surface area contributed by atoms with Crippen molar-refractivity contribution < 1.29 is 9.47 Å². The molecule has 1 aliphatic rings. The van der Waals surface area contributed by atoms with Gasteiger partial charge in [0.1, 0.15) is 11.5 Å². The Labute approximate surface area is 196 Å². The summed E-state index contributed by atoms with van der Waals surface area (Å²) in [7, 11) is 1.69. The predicted molar refractivity (Wildman–Crippen MR) is 133 cm³/mol. The number of hydrogen-bond acceptors (Lipinski definition) is 4. The summed E-state index contributed by atoms with van der Waals surface area (Å²) in [6, 6.07) is 16.5. The quantitative estimate of drug-likeness (QED) is 0.309. The third-order valence-corrected chi connectivity index (χ3v) is 5.45. The smallest absolute Gasteiger partial charge is 0.189 e. The van der Waals surface area contributed by atoms with Gasteiger partial charge < -0.3 is 20.5 Å². The molecule has 0 spiro atoms. The lowest BCUT2D eigenvalue weighted by molar-refractivity contribution is 0.223. The monoisotopic (exact) mass is 524 g/mol. The van der Waals surface area contributed by atoms with Crippen LogP contribution >= 0.6 is 24.0 Å². The average molecular weight is 524 g/mol. The largest absolute Gasteiger partial charge is 0.497 e. The highest BCUT2D eigenvalue weighted by Gasteiger charge is 2.22. The highest BCUT2D eigenvalue weighted by molar-refractivity contribution is 14.0. The number of para-hydroxylation sites is 1. The maximum atomic E-state index is 6.28. The fraction of sp³-hybridized carbons (Fsp3) is 0.435. The van der Waals surface area contributed by atoms with Crippen LogP contribution in [-0.4, -0.2) is 44.2 Å². The van der Waals surface area contributed by atoms with Crippen molar-refractivity contribution in [2.24, 2.45) is 10.7 Å². The Hall–Kier alpha value is -2.00. The van der Waals surface area contributed by atoms with Crippen molar-refractivity contribution in [3.8, 4) is 11.5 Å². The van der Waals surface area contributed by atoms with Crippen LogP contribution < -0.4 is 20.5 Å². The predicted octanol–water partition coefficient (Wildman–Crippen LogP) is 4.12. The van der Waals surface area contributed by atoms with Gasteiger partial charge in [-0.1, -0.05) is 44.2 Å². The second kappa shape index (κ2) is 12.0. The number of aliphatic imine (C=N–C) groups is 1. The van der Waals surface area contributed by atoms with Crippen molar-refractivity contribution in [3.05, 3.63) is 59.7 Å². The SMILES string of the molecule is CCN(CC)C(CN=C(N)NC1CCOc2ccccc21)c1cccc(OC)c1.I. The number of guanidine groups is 1. The summed E-state index contributed by atoms with van der Waals surface area (Å²) in [5.41, 5.74) is 8.59. The molecule has 164 valence electrons. The minimum atomic E-state index is 0. The molecule has 2 aromatic carbocycles. The minimum Gasteiger partial charge on any atom is -0.497 e. The van der Waals surface area contributed by atoms with Gasteiger partial charge in [0.2, 0.25) is 0 Å². The first kappa shape index (κ1) is 24.3. The van der Waals surface area contributed by atoms with Gasteiger partial charge in [-0.3, -0.25) is 9.89 Å². The molecule has 2 aromatic rings. The van der Waals surface area contributed by atoms with Gasteiger partial charge in [0.25, 0.3) is 0 Å². The molecule has 3 N–H and O–H groups in total. The van der Waals surface area contributed by atoms with Gasteiger partial charge in [-0.25, -0.2) is 0 Å². The number of nitrogens with zero attached hydrogens (tertiary/aromatic N) is 2. The Morgan fingerprint density at radius 1 is 1.23 bits per heavy atom. The fourth-order valence-corrected chi connectivity index (χ4v) is 3.85. The standard InChI is InChI=1S/C23H32N4O2.HI/c1-4-27(5-2)21(17-9-8-10-18(15-17)28-3)16-25-23(24)26-20-13-14-29-22-12-7-6-11-19(20)22;/h6-12,15,20-21H,4-5,13-14,16H2,1-3H3,(H3,24,25,26);1H. The van der Waals surface area contributed by atoms with E-state index < -0.39 is 0 Å². The molecule has 2 unspecified atom stereocenters. The molecule has 1 aliphatic heterocycles. The zero-order valence-electron chi connectivity index (χ0n) is 18.0. The van der Waals surface area contributed by atoms with E-state index in [1.807, 2.05) is 30.3 Å². The van der Waals surface area contributed by atoms with Gasteiger partial charge in [0.15, 0.2) is 5.96 Å². The van der Waals surface area contributed by atoms with E-state index >= 15 is 0 Å². The molecule has 1 heterocycles.